The molecule has 0 saturated heterocycles. The third-order valence-electron chi connectivity index (χ3n) is 3.21. The van der Waals surface area contributed by atoms with Gasteiger partial charge in [-0.25, -0.2) is 0 Å². The first-order valence-electron chi connectivity index (χ1n) is 6.98. The van der Waals surface area contributed by atoms with Crippen LogP contribution in [0.1, 0.15) is 35.0 Å². The summed E-state index contributed by atoms with van der Waals surface area (Å²) in [7, 11) is 0. The normalized spacial score (nSPS) is 12.1. The van der Waals surface area contributed by atoms with Gasteiger partial charge in [-0.05, 0) is 35.1 Å². The Hall–Kier alpha value is -2.23. The maximum atomic E-state index is 12.2. The van der Waals surface area contributed by atoms with Crippen LogP contribution < -0.4 is 5.32 Å². The predicted molar refractivity (Wildman–Crippen MR) is 90.7 cm³/mol. The summed E-state index contributed by atoms with van der Waals surface area (Å²) in [5, 5.41) is 10.8. The summed E-state index contributed by atoms with van der Waals surface area (Å²) >= 11 is 2.17. The Morgan fingerprint density at radius 3 is 2.87 bits per heavy atom. The van der Waals surface area contributed by atoms with Gasteiger partial charge in [0.2, 0.25) is 0 Å². The molecule has 0 bridgehead atoms. The molecule has 1 atom stereocenters. The fourth-order valence-electron chi connectivity index (χ4n) is 2.06. The number of rotatable bonds is 5. The zero-order valence-corrected chi connectivity index (χ0v) is 14.5. The van der Waals surface area contributed by atoms with Crippen LogP contribution in [0, 0.1) is 3.57 Å². The number of aromatic nitrogens is 4. The minimum Gasteiger partial charge on any atom is -0.341 e. The van der Waals surface area contributed by atoms with Gasteiger partial charge < -0.3 is 9.84 Å². The van der Waals surface area contributed by atoms with E-state index < -0.39 is 5.91 Å². The van der Waals surface area contributed by atoms with Crippen molar-refractivity contribution in [2.75, 3.05) is 0 Å². The average Bonchev–Trinajstić information content (AvgIpc) is 3.18. The van der Waals surface area contributed by atoms with E-state index in [0.29, 0.717) is 12.4 Å². The lowest BCUT2D eigenvalue weighted by atomic mass is 10.1. The molecule has 0 aliphatic heterocycles. The summed E-state index contributed by atoms with van der Waals surface area (Å²) in [4.78, 5) is 16.3. The molecule has 7 nitrogen and oxygen atoms in total. The van der Waals surface area contributed by atoms with Crippen molar-refractivity contribution < 1.29 is 9.32 Å². The van der Waals surface area contributed by atoms with Gasteiger partial charge in [-0.3, -0.25) is 9.48 Å². The quantitative estimate of drug-likeness (QED) is 0.638. The molecule has 1 aromatic carbocycles. The van der Waals surface area contributed by atoms with Crippen LogP contribution in [0.4, 0.5) is 0 Å². The van der Waals surface area contributed by atoms with Crippen LogP contribution in [0.5, 0.6) is 0 Å². The summed E-state index contributed by atoms with van der Waals surface area (Å²) in [5.74, 6) is -0.0400. The van der Waals surface area contributed by atoms with Gasteiger partial charge in [0.15, 0.2) is 5.82 Å². The molecule has 0 aliphatic carbocycles. The first-order valence-corrected chi connectivity index (χ1v) is 8.06. The second-order valence-electron chi connectivity index (χ2n) is 4.98. The Morgan fingerprint density at radius 2 is 2.17 bits per heavy atom. The molecule has 1 N–H and O–H groups in total. The van der Waals surface area contributed by atoms with Crippen LogP contribution in [-0.4, -0.2) is 25.8 Å². The van der Waals surface area contributed by atoms with Crippen molar-refractivity contribution in [3.8, 4) is 0 Å². The van der Waals surface area contributed by atoms with E-state index in [-0.39, 0.29) is 11.9 Å². The summed E-state index contributed by atoms with van der Waals surface area (Å²) in [6, 6.07) is 9.53. The van der Waals surface area contributed by atoms with Crippen LogP contribution in [-0.2, 0) is 6.54 Å². The van der Waals surface area contributed by atoms with E-state index in [4.69, 9.17) is 4.52 Å². The highest BCUT2D eigenvalue weighted by molar-refractivity contribution is 14.1. The van der Waals surface area contributed by atoms with Gasteiger partial charge in [-0.1, -0.05) is 35.5 Å². The number of halogens is 1. The van der Waals surface area contributed by atoms with Crippen molar-refractivity contribution in [1.82, 2.24) is 25.2 Å². The summed E-state index contributed by atoms with van der Waals surface area (Å²) < 4.78 is 7.72. The summed E-state index contributed by atoms with van der Waals surface area (Å²) in [6.07, 6.45) is 3.59. The molecular formula is C15H14IN5O2. The molecule has 0 fully saturated rings. The fraction of sp³-hybridized carbons (Fsp3) is 0.200. The molecule has 0 radical (unpaired) electrons. The maximum absolute atomic E-state index is 12.2. The smallest absolute Gasteiger partial charge is 0.316 e. The Kier molecular flexibility index (Phi) is 4.70. The standard InChI is InChI=1S/C15H14IN5O2/c1-10(11-5-3-2-4-6-11)18-14(22)15-19-13(20-23-15)9-21-8-12(16)7-17-21/h2-8,10H,9H2,1H3,(H,18,22). The Balaban J connectivity index is 1.64. The predicted octanol–water partition coefficient (Wildman–Crippen LogP) is 2.41. The Labute approximate surface area is 146 Å². The van der Waals surface area contributed by atoms with E-state index in [0.717, 1.165) is 9.13 Å². The number of nitrogens with zero attached hydrogens (tertiary/aromatic N) is 4. The summed E-state index contributed by atoms with van der Waals surface area (Å²) in [6.45, 7) is 2.25. The lowest BCUT2D eigenvalue weighted by Gasteiger charge is -2.12. The minimum atomic E-state index is -0.393. The molecule has 2 heterocycles. The van der Waals surface area contributed by atoms with E-state index in [1.54, 1.807) is 10.9 Å². The van der Waals surface area contributed by atoms with Gasteiger partial charge >= 0.3 is 11.8 Å². The third-order valence-corrected chi connectivity index (χ3v) is 3.77. The van der Waals surface area contributed by atoms with E-state index in [9.17, 15) is 4.79 Å². The summed E-state index contributed by atoms with van der Waals surface area (Å²) in [5.41, 5.74) is 1.01. The number of carbonyl (C=O) groups excluding carboxylic acids is 1. The lowest BCUT2D eigenvalue weighted by molar-refractivity contribution is 0.0895. The minimum absolute atomic E-state index is 0.0513. The van der Waals surface area contributed by atoms with E-state index >= 15 is 0 Å². The number of hydrogen-bond acceptors (Lipinski definition) is 5. The SMILES string of the molecule is CC(NC(=O)c1nc(Cn2cc(I)cn2)no1)c1ccccc1. The zero-order chi connectivity index (χ0) is 16.2. The van der Waals surface area contributed by atoms with Crippen LogP contribution in [0.2, 0.25) is 0 Å². The highest BCUT2D eigenvalue weighted by Crippen LogP contribution is 2.12. The first kappa shape index (κ1) is 15.7. The zero-order valence-electron chi connectivity index (χ0n) is 12.3. The van der Waals surface area contributed by atoms with Crippen molar-refractivity contribution >= 4 is 28.5 Å². The van der Waals surface area contributed by atoms with Crippen LogP contribution in [0.3, 0.4) is 0 Å². The van der Waals surface area contributed by atoms with Gasteiger partial charge in [0.05, 0.1) is 15.8 Å². The van der Waals surface area contributed by atoms with Crippen molar-refractivity contribution in [2.24, 2.45) is 0 Å². The second kappa shape index (κ2) is 6.90. The second-order valence-corrected chi connectivity index (χ2v) is 6.22. The van der Waals surface area contributed by atoms with E-state index in [2.05, 4.69) is 43.1 Å². The number of carbonyl (C=O) groups is 1. The monoisotopic (exact) mass is 423 g/mol. The fourth-order valence-corrected chi connectivity index (χ4v) is 2.51. The van der Waals surface area contributed by atoms with Crippen LogP contribution in [0.15, 0.2) is 47.2 Å². The van der Waals surface area contributed by atoms with Crippen molar-refractivity contribution in [3.05, 3.63) is 63.6 Å². The first-order chi connectivity index (χ1) is 11.1. The topological polar surface area (TPSA) is 85.8 Å². The maximum Gasteiger partial charge on any atom is 0.316 e. The molecule has 0 aliphatic rings. The molecule has 23 heavy (non-hydrogen) atoms. The van der Waals surface area contributed by atoms with Gasteiger partial charge in [0.25, 0.3) is 0 Å². The van der Waals surface area contributed by atoms with Gasteiger partial charge in [0, 0.05) is 6.20 Å². The molecular weight excluding hydrogens is 409 g/mol. The van der Waals surface area contributed by atoms with Gasteiger partial charge in [0.1, 0.15) is 6.54 Å². The van der Waals surface area contributed by atoms with Gasteiger partial charge in [-0.15, -0.1) is 0 Å². The average molecular weight is 423 g/mol. The molecule has 1 amide bonds. The van der Waals surface area contributed by atoms with Crippen molar-refractivity contribution in [3.63, 3.8) is 0 Å². The molecule has 0 saturated carbocycles. The number of amides is 1. The molecule has 2 aromatic heterocycles. The Bertz CT molecular complexity index is 799. The van der Waals surface area contributed by atoms with Crippen LogP contribution >= 0.6 is 22.6 Å². The molecule has 8 heteroatoms. The molecule has 3 aromatic rings. The van der Waals surface area contributed by atoms with Crippen molar-refractivity contribution in [1.29, 1.82) is 0 Å². The third kappa shape index (κ3) is 3.95. The Morgan fingerprint density at radius 1 is 1.39 bits per heavy atom. The number of nitrogens with one attached hydrogen (secondary N) is 1. The largest absolute Gasteiger partial charge is 0.341 e. The van der Waals surface area contributed by atoms with Crippen LogP contribution in [0.25, 0.3) is 0 Å². The molecule has 1 unspecified atom stereocenters. The highest BCUT2D eigenvalue weighted by atomic mass is 127. The van der Waals surface area contributed by atoms with E-state index in [1.807, 2.05) is 43.5 Å². The van der Waals surface area contributed by atoms with E-state index in [1.165, 1.54) is 0 Å². The number of benzene rings is 1. The molecule has 0 spiro atoms. The molecule has 118 valence electrons. The molecule has 3 rings (SSSR count). The highest BCUT2D eigenvalue weighted by Gasteiger charge is 2.18. The van der Waals surface area contributed by atoms with Gasteiger partial charge in [-0.2, -0.15) is 10.1 Å². The van der Waals surface area contributed by atoms with Crippen molar-refractivity contribution in [2.45, 2.75) is 19.5 Å². The number of hydrogen-bond donors (Lipinski definition) is 1. The lowest BCUT2D eigenvalue weighted by Crippen LogP contribution is -2.26.